The number of nitro benzene ring substituents is 1. The number of nitrogens with zero attached hydrogens (tertiary/aromatic N) is 4. The van der Waals surface area contributed by atoms with Gasteiger partial charge in [-0.3, -0.25) is 14.9 Å². The zero-order valence-electron chi connectivity index (χ0n) is 15.6. The highest BCUT2D eigenvalue weighted by Gasteiger charge is 2.31. The molecule has 0 radical (unpaired) electrons. The molecule has 0 N–H and O–H groups in total. The first-order valence-corrected chi connectivity index (χ1v) is 8.99. The molecule has 10 heteroatoms. The normalized spacial score (nSPS) is 15.2. The van der Waals surface area contributed by atoms with Crippen molar-refractivity contribution in [2.45, 2.75) is 19.5 Å². The molecule has 1 aromatic carbocycles. The number of benzene rings is 1. The standard InChI is InChI=1S/C19H19F3N4O3/c1-13-3-4-14(11-16(13)26(28)29)18(27)25-8-2-7-24(9-10-25)17-6-5-15(12-23-17)19(20,21)22/h3-6,11-12H,2,7-10H2,1H3. The Morgan fingerprint density at radius 2 is 1.90 bits per heavy atom. The lowest BCUT2D eigenvalue weighted by atomic mass is 10.1. The molecule has 1 aliphatic rings. The lowest BCUT2D eigenvalue weighted by molar-refractivity contribution is -0.385. The first kappa shape index (κ1) is 20.6. The number of halogens is 3. The summed E-state index contributed by atoms with van der Waals surface area (Å²) in [4.78, 5) is 30.7. The molecule has 2 heterocycles. The van der Waals surface area contributed by atoms with E-state index in [0.29, 0.717) is 44.0 Å². The zero-order chi connectivity index (χ0) is 21.2. The number of alkyl halides is 3. The Balaban J connectivity index is 1.70. The Morgan fingerprint density at radius 3 is 2.52 bits per heavy atom. The van der Waals surface area contributed by atoms with Crippen LogP contribution in [0.2, 0.25) is 0 Å². The van der Waals surface area contributed by atoms with Crippen molar-refractivity contribution >= 4 is 17.4 Å². The highest BCUT2D eigenvalue weighted by Crippen LogP contribution is 2.29. The maximum Gasteiger partial charge on any atom is 0.417 e. The fraction of sp³-hybridized carbons (Fsp3) is 0.368. The molecule has 1 fully saturated rings. The molecule has 3 rings (SSSR count). The minimum atomic E-state index is -4.44. The molecule has 0 bridgehead atoms. The minimum Gasteiger partial charge on any atom is -0.355 e. The van der Waals surface area contributed by atoms with Crippen LogP contribution in [0, 0.1) is 17.0 Å². The first-order valence-electron chi connectivity index (χ1n) is 8.99. The van der Waals surface area contributed by atoms with Gasteiger partial charge in [-0.2, -0.15) is 13.2 Å². The molecular weight excluding hydrogens is 389 g/mol. The van der Waals surface area contributed by atoms with Gasteiger partial charge in [0.15, 0.2) is 0 Å². The molecule has 7 nitrogen and oxygen atoms in total. The smallest absolute Gasteiger partial charge is 0.355 e. The van der Waals surface area contributed by atoms with Crippen LogP contribution in [0.15, 0.2) is 36.5 Å². The van der Waals surface area contributed by atoms with E-state index < -0.39 is 16.7 Å². The van der Waals surface area contributed by atoms with Gasteiger partial charge in [0.2, 0.25) is 0 Å². The van der Waals surface area contributed by atoms with Gasteiger partial charge in [-0.1, -0.05) is 6.07 Å². The van der Waals surface area contributed by atoms with Crippen LogP contribution in [0.25, 0.3) is 0 Å². The summed E-state index contributed by atoms with van der Waals surface area (Å²) in [5, 5.41) is 11.1. The van der Waals surface area contributed by atoms with E-state index in [9.17, 15) is 28.1 Å². The maximum absolute atomic E-state index is 12.8. The molecule has 0 saturated carbocycles. The van der Waals surface area contributed by atoms with Crippen molar-refractivity contribution < 1.29 is 22.9 Å². The van der Waals surface area contributed by atoms with Gasteiger partial charge in [-0.25, -0.2) is 4.98 Å². The molecule has 0 atom stereocenters. The molecule has 29 heavy (non-hydrogen) atoms. The van der Waals surface area contributed by atoms with Crippen LogP contribution in [-0.2, 0) is 6.18 Å². The van der Waals surface area contributed by atoms with Gasteiger partial charge in [-0.05, 0) is 31.5 Å². The third kappa shape index (κ3) is 4.64. The number of hydrogen-bond donors (Lipinski definition) is 0. The lowest BCUT2D eigenvalue weighted by Crippen LogP contribution is -2.35. The predicted molar refractivity (Wildman–Crippen MR) is 99.8 cm³/mol. The monoisotopic (exact) mass is 408 g/mol. The topological polar surface area (TPSA) is 79.6 Å². The van der Waals surface area contributed by atoms with E-state index >= 15 is 0 Å². The molecule has 154 valence electrons. The van der Waals surface area contributed by atoms with Crippen molar-refractivity contribution in [3.63, 3.8) is 0 Å². The van der Waals surface area contributed by atoms with Gasteiger partial charge in [0.1, 0.15) is 5.82 Å². The molecule has 1 aliphatic heterocycles. The summed E-state index contributed by atoms with van der Waals surface area (Å²) in [6, 6.07) is 6.69. The van der Waals surface area contributed by atoms with Gasteiger partial charge in [0.25, 0.3) is 11.6 Å². The van der Waals surface area contributed by atoms with E-state index in [-0.39, 0.29) is 17.2 Å². The van der Waals surface area contributed by atoms with Crippen molar-refractivity contribution in [3.05, 3.63) is 63.3 Å². The second-order valence-corrected chi connectivity index (χ2v) is 6.79. The van der Waals surface area contributed by atoms with E-state index in [4.69, 9.17) is 0 Å². The molecule has 0 aliphatic carbocycles. The summed E-state index contributed by atoms with van der Waals surface area (Å²) in [5.41, 5.74) is -0.208. The Morgan fingerprint density at radius 1 is 1.14 bits per heavy atom. The van der Waals surface area contributed by atoms with Crippen LogP contribution in [-0.4, -0.2) is 46.9 Å². The lowest BCUT2D eigenvalue weighted by Gasteiger charge is -2.23. The molecule has 2 aromatic rings. The highest BCUT2D eigenvalue weighted by atomic mass is 19.4. The number of carbonyl (C=O) groups is 1. The number of aryl methyl sites for hydroxylation is 1. The second-order valence-electron chi connectivity index (χ2n) is 6.79. The Kier molecular flexibility index (Phi) is 5.71. The van der Waals surface area contributed by atoms with Crippen LogP contribution in [0.3, 0.4) is 0 Å². The van der Waals surface area contributed by atoms with Crippen molar-refractivity contribution in [1.29, 1.82) is 0 Å². The predicted octanol–water partition coefficient (Wildman–Crippen LogP) is 3.67. The summed E-state index contributed by atoms with van der Waals surface area (Å²) < 4.78 is 38.1. The van der Waals surface area contributed by atoms with Gasteiger partial charge >= 0.3 is 6.18 Å². The number of anilines is 1. The number of hydrogen-bond acceptors (Lipinski definition) is 5. The number of rotatable bonds is 3. The van der Waals surface area contributed by atoms with Crippen LogP contribution in [0.1, 0.15) is 27.9 Å². The van der Waals surface area contributed by atoms with Crippen LogP contribution < -0.4 is 4.90 Å². The van der Waals surface area contributed by atoms with Crippen LogP contribution >= 0.6 is 0 Å². The summed E-state index contributed by atoms with van der Waals surface area (Å²) in [6.45, 7) is 3.32. The van der Waals surface area contributed by atoms with Crippen molar-refractivity contribution in [1.82, 2.24) is 9.88 Å². The van der Waals surface area contributed by atoms with Crippen molar-refractivity contribution in [2.75, 3.05) is 31.1 Å². The summed E-state index contributed by atoms with van der Waals surface area (Å²) in [5.74, 6) is 0.105. The zero-order valence-corrected chi connectivity index (χ0v) is 15.6. The number of nitro groups is 1. The first-order chi connectivity index (χ1) is 13.7. The van der Waals surface area contributed by atoms with Gasteiger partial charge in [0, 0.05) is 49.6 Å². The van der Waals surface area contributed by atoms with Crippen molar-refractivity contribution in [3.8, 4) is 0 Å². The number of amides is 1. The Bertz CT molecular complexity index is 916. The largest absolute Gasteiger partial charge is 0.417 e. The van der Waals surface area contributed by atoms with Crippen molar-refractivity contribution in [2.24, 2.45) is 0 Å². The fourth-order valence-electron chi connectivity index (χ4n) is 3.21. The number of pyridine rings is 1. The van der Waals surface area contributed by atoms with E-state index in [1.165, 1.54) is 12.1 Å². The number of carbonyl (C=O) groups excluding carboxylic acids is 1. The third-order valence-corrected chi connectivity index (χ3v) is 4.84. The Labute approximate surface area is 164 Å². The fourth-order valence-corrected chi connectivity index (χ4v) is 3.21. The SMILES string of the molecule is Cc1ccc(C(=O)N2CCCN(c3ccc(C(F)(F)F)cn3)CC2)cc1[N+](=O)[O-]. The van der Waals surface area contributed by atoms with E-state index in [1.807, 2.05) is 4.90 Å². The minimum absolute atomic E-state index is 0.110. The highest BCUT2D eigenvalue weighted by molar-refractivity contribution is 5.95. The summed E-state index contributed by atoms with van der Waals surface area (Å²) >= 11 is 0. The molecule has 1 saturated heterocycles. The molecule has 0 spiro atoms. The quantitative estimate of drug-likeness (QED) is 0.572. The summed E-state index contributed by atoms with van der Waals surface area (Å²) in [7, 11) is 0. The molecular formula is C19H19F3N4O3. The Hall–Kier alpha value is -3.17. The van der Waals surface area contributed by atoms with Crippen LogP contribution in [0.5, 0.6) is 0 Å². The van der Waals surface area contributed by atoms with Gasteiger partial charge in [-0.15, -0.1) is 0 Å². The maximum atomic E-state index is 12.8. The second kappa shape index (κ2) is 8.06. The van der Waals surface area contributed by atoms with E-state index in [1.54, 1.807) is 24.0 Å². The van der Waals surface area contributed by atoms with Gasteiger partial charge < -0.3 is 9.80 Å². The molecule has 1 amide bonds. The van der Waals surface area contributed by atoms with E-state index in [0.717, 1.165) is 12.3 Å². The molecule has 1 aromatic heterocycles. The van der Waals surface area contributed by atoms with E-state index in [2.05, 4.69) is 4.98 Å². The third-order valence-electron chi connectivity index (χ3n) is 4.84. The number of aromatic nitrogens is 1. The average molecular weight is 408 g/mol. The molecule has 0 unspecified atom stereocenters. The van der Waals surface area contributed by atoms with Crippen LogP contribution in [0.4, 0.5) is 24.7 Å². The summed E-state index contributed by atoms with van der Waals surface area (Å²) in [6.07, 6.45) is -3.04. The average Bonchev–Trinajstić information content (AvgIpc) is 2.93. The van der Waals surface area contributed by atoms with Gasteiger partial charge in [0.05, 0.1) is 10.5 Å².